The van der Waals surface area contributed by atoms with Crippen molar-refractivity contribution in [3.05, 3.63) is 46.8 Å². The van der Waals surface area contributed by atoms with Crippen molar-refractivity contribution in [3.63, 3.8) is 0 Å². The van der Waals surface area contributed by atoms with Crippen LogP contribution in [0.15, 0.2) is 45.8 Å². The highest BCUT2D eigenvalue weighted by molar-refractivity contribution is 5.91. The lowest BCUT2D eigenvalue weighted by atomic mass is 9.98. The van der Waals surface area contributed by atoms with E-state index in [1.807, 2.05) is 0 Å². The van der Waals surface area contributed by atoms with Gasteiger partial charge in [0.15, 0.2) is 35.2 Å². The molecular formula is C33H34O16. The van der Waals surface area contributed by atoms with Crippen molar-refractivity contribution >= 4 is 40.8 Å². The molecule has 16 nitrogen and oxygen atoms in total. The second-order valence-electron chi connectivity index (χ2n) is 10.6. The van der Waals surface area contributed by atoms with Gasteiger partial charge in [0, 0.05) is 34.6 Å². The van der Waals surface area contributed by atoms with Gasteiger partial charge < -0.3 is 47.0 Å². The van der Waals surface area contributed by atoms with Gasteiger partial charge in [-0.05, 0) is 29.8 Å². The van der Waals surface area contributed by atoms with Crippen LogP contribution in [-0.2, 0) is 47.7 Å². The largest absolute Gasteiger partial charge is 0.493 e. The van der Waals surface area contributed by atoms with Crippen LogP contribution in [-0.4, -0.2) is 81.4 Å². The van der Waals surface area contributed by atoms with Crippen LogP contribution in [0.2, 0.25) is 0 Å². The van der Waals surface area contributed by atoms with Crippen LogP contribution in [0.5, 0.6) is 23.0 Å². The predicted molar refractivity (Wildman–Crippen MR) is 165 cm³/mol. The molecule has 3 aromatic rings. The van der Waals surface area contributed by atoms with Crippen molar-refractivity contribution in [2.75, 3.05) is 20.8 Å². The Morgan fingerprint density at radius 3 is 1.92 bits per heavy atom. The summed E-state index contributed by atoms with van der Waals surface area (Å²) in [5.41, 5.74) is -0.171. The lowest BCUT2D eigenvalue weighted by Crippen LogP contribution is -2.63. The van der Waals surface area contributed by atoms with Gasteiger partial charge in [-0.25, -0.2) is 0 Å². The lowest BCUT2D eigenvalue weighted by Gasteiger charge is -2.44. The summed E-state index contributed by atoms with van der Waals surface area (Å²) in [6.45, 7) is 4.93. The number of benzene rings is 2. The molecule has 5 atom stereocenters. The molecule has 16 heteroatoms. The molecule has 1 fully saturated rings. The smallest absolute Gasteiger partial charge is 0.308 e. The monoisotopic (exact) mass is 686 g/mol. The van der Waals surface area contributed by atoms with Crippen molar-refractivity contribution in [3.8, 4) is 34.1 Å². The summed E-state index contributed by atoms with van der Waals surface area (Å²) < 4.78 is 55.4. The molecule has 2 heterocycles. The highest BCUT2D eigenvalue weighted by Crippen LogP contribution is 2.39. The molecule has 4 rings (SSSR count). The molecule has 1 aliphatic heterocycles. The van der Waals surface area contributed by atoms with E-state index in [1.165, 1.54) is 32.6 Å². The third kappa shape index (κ3) is 8.45. The van der Waals surface area contributed by atoms with E-state index in [-0.39, 0.29) is 28.0 Å². The topological polar surface area (TPSA) is 199 Å². The van der Waals surface area contributed by atoms with Crippen molar-refractivity contribution in [1.82, 2.24) is 0 Å². The summed E-state index contributed by atoms with van der Waals surface area (Å²) in [6.07, 6.45) is -6.37. The summed E-state index contributed by atoms with van der Waals surface area (Å²) >= 11 is 0. The third-order valence-electron chi connectivity index (χ3n) is 6.99. The minimum Gasteiger partial charge on any atom is -0.493 e. The van der Waals surface area contributed by atoms with Crippen LogP contribution in [0.25, 0.3) is 22.1 Å². The van der Waals surface area contributed by atoms with E-state index in [2.05, 4.69) is 0 Å². The zero-order chi connectivity index (χ0) is 36.0. The van der Waals surface area contributed by atoms with Crippen LogP contribution in [0, 0.1) is 0 Å². The number of esters is 5. The van der Waals surface area contributed by atoms with Gasteiger partial charge in [0.2, 0.25) is 17.8 Å². The first-order valence-corrected chi connectivity index (χ1v) is 14.7. The Balaban J connectivity index is 1.88. The van der Waals surface area contributed by atoms with Crippen molar-refractivity contribution in [2.24, 2.45) is 0 Å². The fourth-order valence-corrected chi connectivity index (χ4v) is 5.12. The van der Waals surface area contributed by atoms with Crippen LogP contribution in [0.3, 0.4) is 0 Å². The summed E-state index contributed by atoms with van der Waals surface area (Å²) in [7, 11) is 2.89. The average molecular weight is 687 g/mol. The molecule has 0 spiro atoms. The molecule has 0 N–H and O–H groups in total. The van der Waals surface area contributed by atoms with Crippen LogP contribution >= 0.6 is 0 Å². The van der Waals surface area contributed by atoms with Crippen molar-refractivity contribution < 1.29 is 71.0 Å². The molecule has 0 saturated carbocycles. The summed E-state index contributed by atoms with van der Waals surface area (Å²) in [5.74, 6) is -3.97. The number of hydrogen-bond acceptors (Lipinski definition) is 16. The van der Waals surface area contributed by atoms with E-state index in [0.717, 1.165) is 34.6 Å². The van der Waals surface area contributed by atoms with E-state index in [1.54, 1.807) is 18.2 Å². The Bertz CT molecular complexity index is 1810. The Labute approximate surface area is 279 Å². The average Bonchev–Trinajstić information content (AvgIpc) is 3.02. The zero-order valence-corrected chi connectivity index (χ0v) is 27.6. The van der Waals surface area contributed by atoms with Crippen molar-refractivity contribution in [1.29, 1.82) is 0 Å². The predicted octanol–water partition coefficient (Wildman–Crippen LogP) is 2.86. The molecule has 1 saturated heterocycles. The maximum atomic E-state index is 14.0. The van der Waals surface area contributed by atoms with Gasteiger partial charge in [0.05, 0.1) is 19.8 Å². The van der Waals surface area contributed by atoms with E-state index in [9.17, 15) is 28.8 Å². The second kappa shape index (κ2) is 15.5. The van der Waals surface area contributed by atoms with E-state index in [4.69, 9.17) is 47.0 Å². The highest BCUT2D eigenvalue weighted by Gasteiger charge is 2.53. The van der Waals surface area contributed by atoms with Gasteiger partial charge in [-0.2, -0.15) is 0 Å². The van der Waals surface area contributed by atoms with E-state index >= 15 is 0 Å². The molecule has 0 bridgehead atoms. The summed E-state index contributed by atoms with van der Waals surface area (Å²) in [5, 5.41) is -0.203. The third-order valence-corrected chi connectivity index (χ3v) is 6.99. The Kier molecular flexibility index (Phi) is 11.5. The molecule has 1 aromatic heterocycles. The lowest BCUT2D eigenvalue weighted by molar-refractivity contribution is -0.288. The minimum absolute atomic E-state index is 0.0133. The molecule has 0 radical (unpaired) electrons. The SMILES string of the molecule is COc1ccc(-c2coc3ccc(O[C@@H]4O[C@@H](COC(C)=O)[C@H](OC(C)=O)[C@@H](OC(C)=O)[C@@H]4OC(C)=O)c(OC(C)=O)c3c2=O)cc1OC. The number of carbonyl (C=O) groups is 5. The summed E-state index contributed by atoms with van der Waals surface area (Å²) in [4.78, 5) is 74.6. The molecule has 0 aliphatic carbocycles. The quantitative estimate of drug-likeness (QED) is 0.162. The fourth-order valence-electron chi connectivity index (χ4n) is 5.12. The molecule has 0 unspecified atom stereocenters. The van der Waals surface area contributed by atoms with Crippen LogP contribution < -0.4 is 24.4 Å². The van der Waals surface area contributed by atoms with Gasteiger partial charge in [-0.15, -0.1) is 0 Å². The van der Waals surface area contributed by atoms with Crippen LogP contribution in [0.1, 0.15) is 34.6 Å². The number of hydrogen-bond donors (Lipinski definition) is 0. The van der Waals surface area contributed by atoms with Crippen LogP contribution in [0.4, 0.5) is 0 Å². The van der Waals surface area contributed by atoms with Crippen molar-refractivity contribution in [2.45, 2.75) is 65.3 Å². The molecule has 1 aliphatic rings. The first-order chi connectivity index (χ1) is 23.2. The van der Waals surface area contributed by atoms with Gasteiger partial charge >= 0.3 is 29.8 Å². The maximum absolute atomic E-state index is 14.0. The normalized spacial score (nSPS) is 20.0. The number of rotatable bonds is 11. The zero-order valence-electron chi connectivity index (χ0n) is 27.6. The van der Waals surface area contributed by atoms with Gasteiger partial charge in [0.25, 0.3) is 0 Å². The van der Waals surface area contributed by atoms with E-state index < -0.39 is 72.6 Å². The Morgan fingerprint density at radius 2 is 1.33 bits per heavy atom. The number of fused-ring (bicyclic) bond motifs is 1. The van der Waals surface area contributed by atoms with Gasteiger partial charge in [-0.1, -0.05) is 6.07 Å². The fraction of sp³-hybridized carbons (Fsp3) is 0.394. The molecular weight excluding hydrogens is 652 g/mol. The Morgan fingerprint density at radius 1 is 0.714 bits per heavy atom. The minimum atomic E-state index is -1.69. The van der Waals surface area contributed by atoms with E-state index in [0.29, 0.717) is 17.1 Å². The standard InChI is InChI=1S/C33H34O16/c1-15(34)42-14-26-30(45-17(3)36)31(46-18(4)37)32(47-19(5)38)33(49-26)48-24-11-10-23-27(29(24)44-16(2)35)28(39)21(13-43-23)20-8-9-22(40-6)25(12-20)41-7/h8-13,26,30-33H,14H2,1-7H3/t26-,30-,31+,32-,33+/m0/s1. The molecule has 49 heavy (non-hydrogen) atoms. The number of ether oxygens (including phenoxy) is 9. The maximum Gasteiger partial charge on any atom is 0.308 e. The molecule has 2 aromatic carbocycles. The Hall–Kier alpha value is -5.64. The first kappa shape index (κ1) is 36.2. The second-order valence-corrected chi connectivity index (χ2v) is 10.6. The first-order valence-electron chi connectivity index (χ1n) is 14.7. The van der Waals surface area contributed by atoms with Gasteiger partial charge in [-0.3, -0.25) is 28.8 Å². The van der Waals surface area contributed by atoms with Gasteiger partial charge in [0.1, 0.15) is 29.9 Å². The summed E-state index contributed by atoms with van der Waals surface area (Å²) in [6, 6.07) is 7.41. The highest BCUT2D eigenvalue weighted by atomic mass is 16.7. The number of methoxy groups -OCH3 is 2. The molecule has 0 amide bonds. The number of carbonyl (C=O) groups excluding carboxylic acids is 5. The molecule has 262 valence electrons.